The molecule has 0 bridgehead atoms. The van der Waals surface area contributed by atoms with Crippen LogP contribution in [0.5, 0.6) is 5.75 Å². The maximum Gasteiger partial charge on any atom is 0.122 e. The number of hydrogen-bond acceptors (Lipinski definition) is 1. The molecule has 3 heteroatoms. The lowest BCUT2D eigenvalue weighted by molar-refractivity contribution is 0.354. The summed E-state index contributed by atoms with van der Waals surface area (Å²) in [6.45, 7) is 28.7. The Kier molecular flexibility index (Phi) is 12.1. The van der Waals surface area contributed by atoms with Gasteiger partial charge < -0.3 is 4.74 Å². The van der Waals surface area contributed by atoms with Crippen LogP contribution in [-0.4, -0.2) is 23.5 Å². The van der Waals surface area contributed by atoms with Crippen molar-refractivity contribution in [3.63, 3.8) is 0 Å². The van der Waals surface area contributed by atoms with Gasteiger partial charge in [0.25, 0.3) is 0 Å². The zero-order valence-electron chi connectivity index (χ0n) is 34.9. The van der Waals surface area contributed by atoms with Crippen molar-refractivity contribution in [2.24, 2.45) is 0 Å². The molecule has 5 aromatic carbocycles. The Labute approximate surface area is 330 Å². The fraction of sp³-hybridized carbons (Fsp3) is 0.373. The molecule has 1 nitrogen and oxygen atoms in total. The van der Waals surface area contributed by atoms with Gasteiger partial charge in [-0.25, -0.2) is 0 Å². The molecule has 0 unspecified atom stereocenters. The average molecular weight is 748 g/mol. The van der Waals surface area contributed by atoms with Crippen molar-refractivity contribution in [2.45, 2.75) is 117 Å². The first-order valence-electron chi connectivity index (χ1n) is 20.5. The largest absolute Gasteiger partial charge is 0.489 e. The zero-order valence-corrected chi connectivity index (χ0v) is 36.9. The van der Waals surface area contributed by atoms with Crippen molar-refractivity contribution in [1.29, 1.82) is 0 Å². The highest BCUT2D eigenvalue weighted by molar-refractivity contribution is 6.92. The molecule has 0 atom stereocenters. The average Bonchev–Trinajstić information content (AvgIpc) is 3.48. The second kappa shape index (κ2) is 16.4. The van der Waals surface area contributed by atoms with E-state index in [1.54, 1.807) is 0 Å². The smallest absolute Gasteiger partial charge is 0.122 e. The summed E-state index contributed by atoms with van der Waals surface area (Å²) in [6.07, 6.45) is 9.03. The Morgan fingerprint density at radius 2 is 1.22 bits per heavy atom. The normalized spacial score (nSPS) is 12.9. The van der Waals surface area contributed by atoms with E-state index in [4.69, 9.17) is 4.74 Å². The van der Waals surface area contributed by atoms with E-state index in [1.807, 2.05) is 6.08 Å². The van der Waals surface area contributed by atoms with Gasteiger partial charge in [-0.3, -0.25) is 0 Å². The number of hydrogen-bond donors (Lipinski definition) is 0. The number of benzene rings is 5. The maximum atomic E-state index is 6.92. The molecule has 0 heterocycles. The summed E-state index contributed by atoms with van der Waals surface area (Å²) in [4.78, 5) is 0. The third kappa shape index (κ3) is 7.91. The molecule has 0 N–H and O–H groups in total. The lowest BCUT2D eigenvalue weighted by Gasteiger charge is -2.38. The quantitative estimate of drug-likeness (QED) is 0.0812. The Morgan fingerprint density at radius 1 is 0.722 bits per heavy atom. The monoisotopic (exact) mass is 747 g/mol. The van der Waals surface area contributed by atoms with Crippen molar-refractivity contribution >= 4 is 27.2 Å². The third-order valence-electron chi connectivity index (χ3n) is 11.7. The molecule has 6 rings (SSSR count). The Balaban J connectivity index is 1.60. The molecule has 0 amide bonds. The maximum absolute atomic E-state index is 6.92. The molecule has 0 saturated carbocycles. The second-order valence-electron chi connectivity index (χ2n) is 17.5. The van der Waals surface area contributed by atoms with Crippen LogP contribution < -0.4 is 15.1 Å². The van der Waals surface area contributed by atoms with E-state index in [9.17, 15) is 0 Å². The van der Waals surface area contributed by atoms with Crippen LogP contribution in [0.3, 0.4) is 0 Å². The minimum atomic E-state index is -2.40. The van der Waals surface area contributed by atoms with Crippen LogP contribution in [0, 0.1) is 6.92 Å². The van der Waals surface area contributed by atoms with Crippen molar-refractivity contribution in [3.05, 3.63) is 137 Å². The van der Waals surface area contributed by atoms with Crippen LogP contribution >= 0.6 is 0 Å². The number of rotatable bonds is 14. The third-order valence-corrected chi connectivity index (χ3v) is 17.1. The Bertz CT molecular complexity index is 2030. The van der Waals surface area contributed by atoms with Gasteiger partial charge in [0.2, 0.25) is 0 Å². The number of unbranched alkanes of at least 4 members (excludes halogenated alkanes) is 2. The molecule has 0 spiro atoms. The van der Waals surface area contributed by atoms with Crippen molar-refractivity contribution in [1.82, 2.24) is 0 Å². The van der Waals surface area contributed by atoms with E-state index < -0.39 is 16.9 Å². The van der Waals surface area contributed by atoms with Gasteiger partial charge in [0.05, 0.1) is 16.9 Å². The fourth-order valence-electron chi connectivity index (χ4n) is 9.06. The summed E-state index contributed by atoms with van der Waals surface area (Å²) in [5.74, 6) is 1.13. The van der Waals surface area contributed by atoms with Gasteiger partial charge in [-0.1, -0.05) is 188 Å². The summed E-state index contributed by atoms with van der Waals surface area (Å²) in [6, 6.07) is 35.8. The molecule has 0 fully saturated rings. The van der Waals surface area contributed by atoms with Crippen LogP contribution in [0.4, 0.5) is 0 Å². The summed E-state index contributed by atoms with van der Waals surface area (Å²) >= 11 is 0. The lowest BCUT2D eigenvalue weighted by atomic mass is 9.85. The summed E-state index contributed by atoms with van der Waals surface area (Å²) < 4.78 is 6.92. The molecule has 0 aliphatic heterocycles. The van der Waals surface area contributed by atoms with Crippen LogP contribution in [0.1, 0.15) is 99.2 Å². The number of aryl methyl sites for hydroxylation is 3. The van der Waals surface area contributed by atoms with Crippen LogP contribution in [-0.2, 0) is 18.3 Å². The highest BCUT2D eigenvalue weighted by atomic mass is 28.3. The van der Waals surface area contributed by atoms with Crippen molar-refractivity contribution in [2.75, 3.05) is 6.61 Å². The zero-order chi connectivity index (χ0) is 38.8. The number of ether oxygens (including phenoxy) is 1. The summed E-state index contributed by atoms with van der Waals surface area (Å²) in [5, 5.41) is 2.96. The Morgan fingerprint density at radius 3 is 1.67 bits per heavy atom. The molecule has 54 heavy (non-hydrogen) atoms. The predicted molar refractivity (Wildman–Crippen MR) is 242 cm³/mol. The predicted octanol–water partition coefficient (Wildman–Crippen LogP) is 13.1. The van der Waals surface area contributed by atoms with Crippen molar-refractivity contribution in [3.8, 4) is 39.1 Å². The standard InChI is InChI=1S/C51H63OSi2/c1-12-15-19-36-21-17-23-38(31-36)40-25-27-42-43-28-26-41(39-24-18-22-37(32-39)20-16-13-2)34-45(43)50(44(42)33-40)54(10,11)46-30-35(4)49(53(8)9)47(51(5,6)7)48(46)52-29-14-3/h14,17-18,21-28,30-34,50H,3,12-13,15-16,19-20,29H2,1-2,4-11H3. The van der Waals surface area contributed by atoms with Crippen molar-refractivity contribution < 1.29 is 4.74 Å². The van der Waals surface area contributed by atoms with E-state index in [1.165, 1.54) is 103 Å². The SMILES string of the molecule is C=CCOc1c([Si](C)(C)C2c3cc(-c4cccc(CCCC)c4)ccc3-c3ccc(-c4cccc(CCCC)c4)cc32)cc(C)c([Si](C)C)c1C(C)(C)C. The molecule has 1 aliphatic rings. The van der Waals surface area contributed by atoms with Gasteiger partial charge in [-0.05, 0) is 104 Å². The first-order chi connectivity index (χ1) is 25.8. The van der Waals surface area contributed by atoms with Gasteiger partial charge >= 0.3 is 0 Å². The van der Waals surface area contributed by atoms with Crippen LogP contribution in [0.15, 0.2) is 104 Å². The molecule has 0 aromatic heterocycles. The first kappa shape index (κ1) is 39.8. The molecule has 5 aromatic rings. The minimum absolute atomic E-state index is 0.0591. The highest BCUT2D eigenvalue weighted by Crippen LogP contribution is 2.52. The van der Waals surface area contributed by atoms with Crippen LogP contribution in [0.2, 0.25) is 26.2 Å². The second-order valence-corrected chi connectivity index (χ2v) is 24.6. The van der Waals surface area contributed by atoms with Gasteiger partial charge in [-0.15, -0.1) is 0 Å². The summed E-state index contributed by atoms with van der Waals surface area (Å²) in [5.41, 5.74) is 16.9. The van der Waals surface area contributed by atoms with E-state index >= 15 is 0 Å². The molecular weight excluding hydrogens is 685 g/mol. The fourth-order valence-corrected chi connectivity index (χ4v) is 14.6. The van der Waals surface area contributed by atoms with Gasteiger partial charge in [0.15, 0.2) is 0 Å². The first-order valence-corrected chi connectivity index (χ1v) is 26.1. The van der Waals surface area contributed by atoms with Gasteiger partial charge in [0.1, 0.15) is 12.4 Å². The lowest BCUT2D eigenvalue weighted by Crippen LogP contribution is -2.51. The molecular formula is C51H63OSi2. The van der Waals surface area contributed by atoms with E-state index in [0.717, 1.165) is 18.6 Å². The summed E-state index contributed by atoms with van der Waals surface area (Å²) in [7, 11) is -3.15. The minimum Gasteiger partial charge on any atom is -0.489 e. The van der Waals surface area contributed by atoms with E-state index in [0.29, 0.717) is 6.61 Å². The molecule has 1 aliphatic carbocycles. The highest BCUT2D eigenvalue weighted by Gasteiger charge is 2.45. The topological polar surface area (TPSA) is 9.23 Å². The van der Waals surface area contributed by atoms with Crippen LogP contribution in [0.25, 0.3) is 33.4 Å². The number of fused-ring (bicyclic) bond motifs is 3. The van der Waals surface area contributed by atoms with E-state index in [-0.39, 0.29) is 11.0 Å². The van der Waals surface area contributed by atoms with Gasteiger partial charge in [-0.2, -0.15) is 0 Å². The van der Waals surface area contributed by atoms with Gasteiger partial charge in [0, 0.05) is 5.54 Å². The van der Waals surface area contributed by atoms with E-state index in [2.05, 4.69) is 165 Å². The molecule has 1 radical (unpaired) electrons. The molecule has 0 saturated heterocycles. The molecule has 281 valence electrons. The Hall–Kier alpha value is -3.93.